The third-order valence-electron chi connectivity index (χ3n) is 1.88. The maximum atomic E-state index is 12.2. The molecule has 0 unspecified atom stereocenters. The Balaban J connectivity index is 2.69. The van der Waals surface area contributed by atoms with Crippen LogP contribution in [0.1, 0.15) is 11.1 Å². The lowest BCUT2D eigenvalue weighted by Gasteiger charge is -2.07. The number of rotatable bonds is 3. The number of halogens is 3. The predicted molar refractivity (Wildman–Crippen MR) is 53.5 cm³/mol. The van der Waals surface area contributed by atoms with E-state index >= 15 is 0 Å². The van der Waals surface area contributed by atoms with Crippen LogP contribution in [0.4, 0.5) is 13.2 Å². The summed E-state index contributed by atoms with van der Waals surface area (Å²) in [5, 5.41) is 0. The highest BCUT2D eigenvalue weighted by Crippen LogP contribution is 2.29. The smallest absolute Gasteiger partial charge is 0.166 e. The molecule has 0 fully saturated rings. The van der Waals surface area contributed by atoms with E-state index < -0.39 is 11.7 Å². The van der Waals surface area contributed by atoms with Crippen LogP contribution < -0.4 is 0 Å². The fourth-order valence-electron chi connectivity index (χ4n) is 1.08. The molecule has 0 atom stereocenters. The van der Waals surface area contributed by atoms with Crippen LogP contribution in [-0.2, 0) is 12.6 Å². The van der Waals surface area contributed by atoms with Crippen molar-refractivity contribution in [1.82, 2.24) is 0 Å². The topological polar surface area (TPSA) is 0 Å². The Morgan fingerprint density at radius 2 is 1.71 bits per heavy atom. The van der Waals surface area contributed by atoms with Gasteiger partial charge in [-0.2, -0.15) is 24.9 Å². The monoisotopic (exact) mass is 220 g/mol. The van der Waals surface area contributed by atoms with E-state index in [2.05, 4.69) is 0 Å². The van der Waals surface area contributed by atoms with Gasteiger partial charge in [0, 0.05) is 0 Å². The van der Waals surface area contributed by atoms with Gasteiger partial charge in [-0.3, -0.25) is 0 Å². The lowest BCUT2D eigenvalue weighted by atomic mass is 10.1. The molecular formula is C10H11F3S. The minimum Gasteiger partial charge on any atom is -0.166 e. The van der Waals surface area contributed by atoms with Gasteiger partial charge in [-0.15, -0.1) is 0 Å². The average Bonchev–Trinajstić information content (AvgIpc) is 2.14. The van der Waals surface area contributed by atoms with Gasteiger partial charge >= 0.3 is 6.18 Å². The van der Waals surface area contributed by atoms with Crippen LogP contribution >= 0.6 is 11.8 Å². The molecule has 0 spiro atoms. The van der Waals surface area contributed by atoms with Crippen LogP contribution in [0.5, 0.6) is 0 Å². The van der Waals surface area contributed by atoms with Gasteiger partial charge in [-0.25, -0.2) is 0 Å². The summed E-state index contributed by atoms with van der Waals surface area (Å²) < 4.78 is 36.5. The standard InChI is InChI=1S/C10H11F3S/c1-14-7-6-8-2-4-9(5-3-8)10(11,12)13/h2-5H,6-7H2,1H3. The Morgan fingerprint density at radius 3 is 2.14 bits per heavy atom. The van der Waals surface area contributed by atoms with Crippen LogP contribution in [0, 0.1) is 0 Å². The largest absolute Gasteiger partial charge is 0.416 e. The van der Waals surface area contributed by atoms with Crippen molar-refractivity contribution >= 4 is 11.8 Å². The van der Waals surface area contributed by atoms with Crippen LogP contribution in [-0.4, -0.2) is 12.0 Å². The molecule has 0 saturated heterocycles. The molecular weight excluding hydrogens is 209 g/mol. The SMILES string of the molecule is CSCCc1ccc(C(F)(F)F)cc1. The van der Waals surface area contributed by atoms with Crippen LogP contribution in [0.2, 0.25) is 0 Å². The van der Waals surface area contributed by atoms with Gasteiger partial charge in [0.25, 0.3) is 0 Å². The molecule has 1 rings (SSSR count). The van der Waals surface area contributed by atoms with E-state index in [0.29, 0.717) is 0 Å². The van der Waals surface area contributed by atoms with E-state index in [1.54, 1.807) is 23.9 Å². The van der Waals surface area contributed by atoms with Crippen molar-refractivity contribution in [3.63, 3.8) is 0 Å². The van der Waals surface area contributed by atoms with Gasteiger partial charge < -0.3 is 0 Å². The summed E-state index contributed by atoms with van der Waals surface area (Å²) in [6, 6.07) is 5.35. The number of hydrogen-bond acceptors (Lipinski definition) is 1. The van der Waals surface area contributed by atoms with Crippen molar-refractivity contribution < 1.29 is 13.2 Å². The molecule has 0 aliphatic heterocycles. The van der Waals surface area contributed by atoms with Crippen LogP contribution in [0.15, 0.2) is 24.3 Å². The lowest BCUT2D eigenvalue weighted by molar-refractivity contribution is -0.137. The molecule has 4 heteroatoms. The van der Waals surface area contributed by atoms with Crippen molar-refractivity contribution in [2.24, 2.45) is 0 Å². The van der Waals surface area contributed by atoms with Crippen LogP contribution in [0.25, 0.3) is 0 Å². The third kappa shape index (κ3) is 3.25. The van der Waals surface area contributed by atoms with Gasteiger partial charge in [-0.05, 0) is 36.1 Å². The molecule has 0 N–H and O–H groups in total. The predicted octanol–water partition coefficient (Wildman–Crippen LogP) is 3.61. The number of aryl methyl sites for hydroxylation is 1. The number of hydrogen-bond donors (Lipinski definition) is 0. The van der Waals surface area contributed by atoms with E-state index in [1.807, 2.05) is 6.26 Å². The summed E-state index contributed by atoms with van der Waals surface area (Å²) >= 11 is 1.68. The molecule has 0 bridgehead atoms. The first-order chi connectivity index (χ1) is 6.54. The van der Waals surface area contributed by atoms with Gasteiger partial charge in [0.1, 0.15) is 0 Å². The Hall–Kier alpha value is -0.640. The molecule has 0 radical (unpaired) electrons. The zero-order valence-corrected chi connectivity index (χ0v) is 8.58. The Bertz CT molecular complexity index is 276. The summed E-state index contributed by atoms with van der Waals surface area (Å²) in [4.78, 5) is 0. The Morgan fingerprint density at radius 1 is 1.14 bits per heavy atom. The van der Waals surface area contributed by atoms with Gasteiger partial charge in [0.05, 0.1) is 5.56 Å². The number of benzene rings is 1. The Kier molecular flexibility index (Phi) is 3.86. The molecule has 0 amide bonds. The zero-order chi connectivity index (χ0) is 10.6. The maximum absolute atomic E-state index is 12.2. The normalized spacial score (nSPS) is 11.7. The molecule has 0 aromatic heterocycles. The minimum atomic E-state index is -4.22. The second-order valence-corrected chi connectivity index (χ2v) is 3.92. The Labute approximate surface area is 85.5 Å². The highest BCUT2D eigenvalue weighted by molar-refractivity contribution is 7.98. The van der Waals surface area contributed by atoms with E-state index in [-0.39, 0.29) is 0 Å². The van der Waals surface area contributed by atoms with Crippen molar-refractivity contribution in [3.8, 4) is 0 Å². The molecule has 1 aromatic rings. The summed E-state index contributed by atoms with van der Waals surface area (Å²) in [7, 11) is 0. The summed E-state index contributed by atoms with van der Waals surface area (Å²) in [5.74, 6) is 0.936. The molecule has 0 heterocycles. The minimum absolute atomic E-state index is 0.578. The van der Waals surface area contributed by atoms with Crippen LogP contribution in [0.3, 0.4) is 0 Å². The van der Waals surface area contributed by atoms with Gasteiger partial charge in [0.15, 0.2) is 0 Å². The molecule has 14 heavy (non-hydrogen) atoms. The van der Waals surface area contributed by atoms with Gasteiger partial charge in [0.2, 0.25) is 0 Å². The van der Waals surface area contributed by atoms with E-state index in [4.69, 9.17) is 0 Å². The number of alkyl halides is 3. The molecule has 0 aliphatic rings. The zero-order valence-electron chi connectivity index (χ0n) is 7.77. The number of thioether (sulfide) groups is 1. The van der Waals surface area contributed by atoms with Crippen molar-refractivity contribution in [1.29, 1.82) is 0 Å². The molecule has 1 aromatic carbocycles. The molecule has 0 saturated carbocycles. The highest BCUT2D eigenvalue weighted by atomic mass is 32.2. The first kappa shape index (κ1) is 11.4. The van der Waals surface area contributed by atoms with Gasteiger partial charge in [-0.1, -0.05) is 12.1 Å². The van der Waals surface area contributed by atoms with E-state index in [1.165, 1.54) is 0 Å². The lowest BCUT2D eigenvalue weighted by Crippen LogP contribution is -2.04. The highest BCUT2D eigenvalue weighted by Gasteiger charge is 2.29. The molecule has 0 nitrogen and oxygen atoms in total. The fourth-order valence-corrected chi connectivity index (χ4v) is 1.52. The second kappa shape index (κ2) is 4.73. The van der Waals surface area contributed by atoms with E-state index in [9.17, 15) is 13.2 Å². The first-order valence-corrected chi connectivity index (χ1v) is 5.58. The second-order valence-electron chi connectivity index (χ2n) is 2.94. The maximum Gasteiger partial charge on any atom is 0.416 e. The van der Waals surface area contributed by atoms with Crippen molar-refractivity contribution in [3.05, 3.63) is 35.4 Å². The van der Waals surface area contributed by atoms with Crippen molar-refractivity contribution in [2.75, 3.05) is 12.0 Å². The fraction of sp³-hybridized carbons (Fsp3) is 0.400. The van der Waals surface area contributed by atoms with E-state index in [0.717, 1.165) is 29.9 Å². The summed E-state index contributed by atoms with van der Waals surface area (Å²) in [5.41, 5.74) is 0.373. The van der Waals surface area contributed by atoms with Crippen molar-refractivity contribution in [2.45, 2.75) is 12.6 Å². The summed E-state index contributed by atoms with van der Waals surface area (Å²) in [6.45, 7) is 0. The summed E-state index contributed by atoms with van der Waals surface area (Å²) in [6.07, 6.45) is -1.43. The first-order valence-electron chi connectivity index (χ1n) is 4.19. The average molecular weight is 220 g/mol. The quantitative estimate of drug-likeness (QED) is 0.749. The third-order valence-corrected chi connectivity index (χ3v) is 2.49. The molecule has 78 valence electrons. The molecule has 0 aliphatic carbocycles.